The monoisotopic (exact) mass is 291 g/mol. The minimum atomic E-state index is 0.671. The summed E-state index contributed by atoms with van der Waals surface area (Å²) < 4.78 is 4.31. The molecule has 2 heterocycles. The molecule has 0 fully saturated rings. The predicted octanol–water partition coefficient (Wildman–Crippen LogP) is 3.40. The van der Waals surface area contributed by atoms with Gasteiger partial charge in [0.1, 0.15) is 5.00 Å². The van der Waals surface area contributed by atoms with Crippen molar-refractivity contribution in [2.24, 2.45) is 0 Å². The number of benzene rings is 1. The van der Waals surface area contributed by atoms with Gasteiger partial charge in [-0.05, 0) is 41.8 Å². The number of nitrogen functional groups attached to an aromatic ring is 1. The number of thioether (sulfide) groups is 1. The molecule has 0 spiro atoms. The van der Waals surface area contributed by atoms with Gasteiger partial charge in [0.15, 0.2) is 5.82 Å². The fourth-order valence-corrected chi connectivity index (χ4v) is 4.27. The first kappa shape index (κ1) is 12.8. The molecule has 0 saturated heterocycles. The fraction of sp³-hybridized carbons (Fsp3) is 0.357. The third kappa shape index (κ3) is 2.44. The molecule has 100 valence electrons. The second-order valence-corrected chi connectivity index (χ2v) is 6.27. The number of hydrogen-bond donors (Lipinski definition) is 1. The predicted molar refractivity (Wildman–Crippen MR) is 84.1 cm³/mol. The van der Waals surface area contributed by atoms with Gasteiger partial charge in [-0.25, -0.2) is 0 Å². The minimum absolute atomic E-state index is 0.671. The summed E-state index contributed by atoms with van der Waals surface area (Å²) in [4.78, 5) is 3.55. The van der Waals surface area contributed by atoms with Crippen LogP contribution in [0.4, 0.5) is 10.8 Å². The van der Waals surface area contributed by atoms with Crippen LogP contribution >= 0.6 is 23.3 Å². The Morgan fingerprint density at radius 3 is 2.89 bits per heavy atom. The molecule has 2 N–H and O–H groups in total. The average Bonchev–Trinajstić information content (AvgIpc) is 2.68. The molecule has 3 rings (SSSR count). The zero-order valence-electron chi connectivity index (χ0n) is 10.9. The second-order valence-electron chi connectivity index (χ2n) is 4.70. The highest BCUT2D eigenvalue weighted by Gasteiger charge is 2.20. The van der Waals surface area contributed by atoms with Crippen molar-refractivity contribution in [1.82, 2.24) is 4.37 Å². The van der Waals surface area contributed by atoms with Crippen LogP contribution in [-0.2, 0) is 13.0 Å². The van der Waals surface area contributed by atoms with Crippen LogP contribution in [0.5, 0.6) is 0 Å². The van der Waals surface area contributed by atoms with E-state index in [4.69, 9.17) is 5.73 Å². The summed E-state index contributed by atoms with van der Waals surface area (Å²) in [5.74, 6) is 0.671. The third-order valence-electron chi connectivity index (χ3n) is 3.50. The molecule has 0 bridgehead atoms. The molecule has 2 aromatic rings. The topological polar surface area (TPSA) is 42.1 Å². The van der Waals surface area contributed by atoms with E-state index in [0.29, 0.717) is 5.82 Å². The molecule has 19 heavy (non-hydrogen) atoms. The highest BCUT2D eigenvalue weighted by atomic mass is 32.2. The quantitative estimate of drug-likeness (QED) is 0.861. The fourth-order valence-electron chi connectivity index (χ4n) is 2.55. The molecule has 0 radical (unpaired) electrons. The van der Waals surface area contributed by atoms with Gasteiger partial charge in [0.2, 0.25) is 0 Å². The van der Waals surface area contributed by atoms with Gasteiger partial charge in [-0.3, -0.25) is 0 Å². The number of hydrogen-bond acceptors (Lipinski definition) is 5. The summed E-state index contributed by atoms with van der Waals surface area (Å²) in [6.45, 7) is 2.04. The van der Waals surface area contributed by atoms with E-state index in [1.165, 1.54) is 34.1 Å². The van der Waals surface area contributed by atoms with Gasteiger partial charge in [-0.2, -0.15) is 4.37 Å². The first-order valence-electron chi connectivity index (χ1n) is 6.40. The lowest BCUT2D eigenvalue weighted by Gasteiger charge is -2.22. The van der Waals surface area contributed by atoms with Crippen LogP contribution in [-0.4, -0.2) is 17.2 Å². The number of aromatic nitrogens is 1. The molecule has 3 nitrogen and oxygen atoms in total. The van der Waals surface area contributed by atoms with Crippen molar-refractivity contribution in [2.75, 3.05) is 23.4 Å². The van der Waals surface area contributed by atoms with Gasteiger partial charge in [-0.1, -0.05) is 24.3 Å². The van der Waals surface area contributed by atoms with Gasteiger partial charge >= 0.3 is 0 Å². The Kier molecular flexibility index (Phi) is 3.66. The van der Waals surface area contributed by atoms with E-state index >= 15 is 0 Å². The molecule has 0 aliphatic carbocycles. The molecule has 0 unspecified atom stereocenters. The Morgan fingerprint density at radius 2 is 2.11 bits per heavy atom. The van der Waals surface area contributed by atoms with Crippen LogP contribution in [0.25, 0.3) is 0 Å². The van der Waals surface area contributed by atoms with E-state index in [0.717, 1.165) is 24.4 Å². The van der Waals surface area contributed by atoms with Crippen LogP contribution in [0.15, 0.2) is 29.2 Å². The van der Waals surface area contributed by atoms with E-state index < -0.39 is 0 Å². The van der Waals surface area contributed by atoms with Gasteiger partial charge in [0, 0.05) is 13.1 Å². The Labute approximate surface area is 122 Å². The van der Waals surface area contributed by atoms with Crippen LogP contribution in [0, 0.1) is 0 Å². The molecule has 1 aromatic carbocycles. The van der Waals surface area contributed by atoms with E-state index in [1.807, 2.05) is 0 Å². The maximum atomic E-state index is 5.94. The number of aryl methyl sites for hydroxylation is 1. The molecular weight excluding hydrogens is 274 g/mol. The Balaban J connectivity index is 1.94. The van der Waals surface area contributed by atoms with Crippen molar-refractivity contribution in [2.45, 2.75) is 24.3 Å². The third-order valence-corrected chi connectivity index (χ3v) is 5.37. The average molecular weight is 291 g/mol. The van der Waals surface area contributed by atoms with Gasteiger partial charge in [0.05, 0.1) is 4.90 Å². The minimum Gasteiger partial charge on any atom is -0.382 e. The number of nitrogens with zero attached hydrogens (tertiary/aromatic N) is 2. The summed E-state index contributed by atoms with van der Waals surface area (Å²) in [6, 6.07) is 8.73. The van der Waals surface area contributed by atoms with Crippen LogP contribution in [0.2, 0.25) is 0 Å². The Morgan fingerprint density at radius 1 is 1.32 bits per heavy atom. The van der Waals surface area contributed by atoms with Gasteiger partial charge in [-0.15, -0.1) is 11.8 Å². The van der Waals surface area contributed by atoms with E-state index in [-0.39, 0.29) is 0 Å². The van der Waals surface area contributed by atoms with Crippen LogP contribution in [0.3, 0.4) is 0 Å². The van der Waals surface area contributed by atoms with E-state index in [2.05, 4.69) is 39.8 Å². The van der Waals surface area contributed by atoms with Crippen LogP contribution < -0.4 is 10.6 Å². The maximum absolute atomic E-state index is 5.94. The molecule has 1 aromatic heterocycles. The maximum Gasteiger partial charge on any atom is 0.153 e. The summed E-state index contributed by atoms with van der Waals surface area (Å²) in [7, 11) is 0. The van der Waals surface area contributed by atoms with Crippen molar-refractivity contribution in [3.63, 3.8) is 0 Å². The first-order valence-corrected chi connectivity index (χ1v) is 8.40. The summed E-state index contributed by atoms with van der Waals surface area (Å²) in [5, 5.41) is 1.22. The van der Waals surface area contributed by atoms with E-state index in [1.54, 1.807) is 11.8 Å². The van der Waals surface area contributed by atoms with Crippen molar-refractivity contribution in [3.05, 3.63) is 35.4 Å². The standard InChI is InChI=1S/C14H17N3S2/c1-18-12-13(15)16-19-14(12)17-8-4-7-10-5-2-3-6-11(10)9-17/h2-3,5-6H,4,7-9H2,1H3,(H2,15,16). The number of nitrogens with two attached hydrogens (primary N) is 1. The zero-order chi connectivity index (χ0) is 13.2. The first-order chi connectivity index (χ1) is 9.29. The molecule has 0 atom stereocenters. The second kappa shape index (κ2) is 5.43. The summed E-state index contributed by atoms with van der Waals surface area (Å²) >= 11 is 3.21. The molecule has 1 aliphatic rings. The summed E-state index contributed by atoms with van der Waals surface area (Å²) in [5.41, 5.74) is 8.85. The van der Waals surface area contributed by atoms with E-state index in [9.17, 15) is 0 Å². The normalized spacial score (nSPS) is 15.1. The van der Waals surface area contributed by atoms with Gasteiger partial charge in [0.25, 0.3) is 0 Å². The smallest absolute Gasteiger partial charge is 0.153 e. The van der Waals surface area contributed by atoms with Crippen molar-refractivity contribution in [1.29, 1.82) is 0 Å². The Bertz CT molecular complexity index is 580. The van der Waals surface area contributed by atoms with Crippen LogP contribution in [0.1, 0.15) is 17.5 Å². The summed E-state index contributed by atoms with van der Waals surface area (Å²) in [6.07, 6.45) is 4.41. The van der Waals surface area contributed by atoms with Crippen molar-refractivity contribution >= 4 is 34.1 Å². The largest absolute Gasteiger partial charge is 0.382 e. The number of rotatable bonds is 2. The molecule has 1 aliphatic heterocycles. The number of anilines is 2. The molecule has 0 amide bonds. The lowest BCUT2D eigenvalue weighted by molar-refractivity contribution is 0.767. The lowest BCUT2D eigenvalue weighted by atomic mass is 10.0. The SMILES string of the molecule is CSc1c(N)nsc1N1CCCc2ccccc2C1. The van der Waals surface area contributed by atoms with Gasteiger partial charge < -0.3 is 10.6 Å². The van der Waals surface area contributed by atoms with Crippen molar-refractivity contribution in [3.8, 4) is 0 Å². The zero-order valence-corrected chi connectivity index (χ0v) is 12.6. The number of fused-ring (bicyclic) bond motifs is 1. The highest BCUT2D eigenvalue weighted by molar-refractivity contribution is 7.99. The molecule has 5 heteroatoms. The Hall–Kier alpha value is -1.20. The highest BCUT2D eigenvalue weighted by Crippen LogP contribution is 2.39. The lowest BCUT2D eigenvalue weighted by Crippen LogP contribution is -2.22. The molecular formula is C14H17N3S2. The van der Waals surface area contributed by atoms with Crippen molar-refractivity contribution < 1.29 is 0 Å². The molecule has 0 saturated carbocycles.